The molecule has 0 aliphatic rings. The van der Waals surface area contributed by atoms with Crippen LogP contribution in [0.2, 0.25) is 0 Å². The number of alkyl halides is 3. The van der Waals surface area contributed by atoms with Crippen molar-refractivity contribution in [3.8, 4) is 11.3 Å². The summed E-state index contributed by atoms with van der Waals surface area (Å²) < 4.78 is 39.6. The number of nitrogens with zero attached hydrogens (tertiary/aromatic N) is 2. The van der Waals surface area contributed by atoms with Crippen LogP contribution in [0.1, 0.15) is 5.69 Å². The second kappa shape index (κ2) is 4.73. The van der Waals surface area contributed by atoms with Gasteiger partial charge in [-0.2, -0.15) is 13.2 Å². The van der Waals surface area contributed by atoms with Gasteiger partial charge in [0.25, 0.3) is 0 Å². The van der Waals surface area contributed by atoms with Crippen LogP contribution in [0.15, 0.2) is 48.5 Å². The molecule has 0 aliphatic carbocycles. The molecule has 0 radical (unpaired) electrons. The molecule has 0 atom stereocenters. The van der Waals surface area contributed by atoms with E-state index >= 15 is 0 Å². The van der Waals surface area contributed by atoms with E-state index < -0.39 is 11.9 Å². The van der Waals surface area contributed by atoms with Crippen LogP contribution in [0.3, 0.4) is 0 Å². The summed E-state index contributed by atoms with van der Waals surface area (Å²) in [6, 6.07) is 12.6. The Kier molecular flexibility index (Phi) is 3.01. The van der Waals surface area contributed by atoms with Crippen LogP contribution in [0, 0.1) is 0 Å². The fourth-order valence-corrected chi connectivity index (χ4v) is 2.07. The summed E-state index contributed by atoms with van der Waals surface area (Å²) in [5.41, 5.74) is 5.75. The summed E-state index contributed by atoms with van der Waals surface area (Å²) in [4.78, 5) is 7.83. The van der Waals surface area contributed by atoms with Gasteiger partial charge in [-0.3, -0.25) is 0 Å². The molecule has 0 fully saturated rings. The number of anilines is 1. The first-order valence-corrected chi connectivity index (χ1v) is 6.15. The predicted molar refractivity (Wildman–Crippen MR) is 74.4 cm³/mol. The number of rotatable bonds is 1. The van der Waals surface area contributed by atoms with Gasteiger partial charge in [-0.25, -0.2) is 9.97 Å². The summed E-state index contributed by atoms with van der Waals surface area (Å²) in [6.45, 7) is 0. The van der Waals surface area contributed by atoms with E-state index in [-0.39, 0.29) is 11.2 Å². The molecule has 0 saturated carbocycles. The minimum absolute atomic E-state index is 0.163. The molecule has 0 spiro atoms. The Morgan fingerprint density at radius 3 is 2.24 bits per heavy atom. The third-order valence-corrected chi connectivity index (χ3v) is 3.00. The minimum Gasteiger partial charge on any atom is -0.399 e. The van der Waals surface area contributed by atoms with Crippen LogP contribution in [0.25, 0.3) is 22.3 Å². The normalized spacial score (nSPS) is 11.8. The summed E-state index contributed by atoms with van der Waals surface area (Å²) in [5.74, 6) is 0. The highest BCUT2D eigenvalue weighted by Gasteiger charge is 2.37. The molecule has 0 aliphatic heterocycles. The largest absolute Gasteiger partial charge is 0.435 e. The molecule has 2 N–H and O–H groups in total. The van der Waals surface area contributed by atoms with E-state index in [1.165, 1.54) is 18.2 Å². The van der Waals surface area contributed by atoms with Crippen LogP contribution in [-0.4, -0.2) is 9.97 Å². The van der Waals surface area contributed by atoms with E-state index in [0.717, 1.165) is 0 Å². The molecule has 1 heterocycles. The zero-order valence-electron chi connectivity index (χ0n) is 10.7. The van der Waals surface area contributed by atoms with Crippen molar-refractivity contribution >= 4 is 16.7 Å². The lowest BCUT2D eigenvalue weighted by Gasteiger charge is -2.12. The van der Waals surface area contributed by atoms with Crippen LogP contribution in [0.5, 0.6) is 0 Å². The molecule has 3 nitrogen and oxygen atoms in total. The van der Waals surface area contributed by atoms with Gasteiger partial charge in [-0.1, -0.05) is 30.3 Å². The minimum atomic E-state index is -4.58. The number of nitrogen functional groups attached to an aromatic ring is 1. The van der Waals surface area contributed by atoms with Gasteiger partial charge in [0.15, 0.2) is 5.69 Å². The molecule has 0 bridgehead atoms. The first-order valence-electron chi connectivity index (χ1n) is 6.15. The van der Waals surface area contributed by atoms with Crippen LogP contribution < -0.4 is 5.73 Å². The summed E-state index contributed by atoms with van der Waals surface area (Å²) in [6.07, 6.45) is -4.58. The molecule has 0 unspecified atom stereocenters. The van der Waals surface area contributed by atoms with Crippen molar-refractivity contribution in [2.45, 2.75) is 6.18 Å². The Hall–Kier alpha value is -2.63. The van der Waals surface area contributed by atoms with Crippen molar-refractivity contribution in [1.82, 2.24) is 9.97 Å². The lowest BCUT2D eigenvalue weighted by molar-refractivity contribution is -0.140. The lowest BCUT2D eigenvalue weighted by Crippen LogP contribution is -2.12. The summed E-state index contributed by atoms with van der Waals surface area (Å²) in [5, 5.41) is 0. The van der Waals surface area contributed by atoms with Crippen molar-refractivity contribution in [3.05, 3.63) is 54.2 Å². The van der Waals surface area contributed by atoms with Crippen LogP contribution in [-0.2, 0) is 6.18 Å². The van der Waals surface area contributed by atoms with E-state index in [9.17, 15) is 13.2 Å². The smallest absolute Gasteiger partial charge is 0.399 e. The van der Waals surface area contributed by atoms with Gasteiger partial charge < -0.3 is 5.73 Å². The molecule has 6 heteroatoms. The van der Waals surface area contributed by atoms with Crippen molar-refractivity contribution in [3.63, 3.8) is 0 Å². The zero-order valence-corrected chi connectivity index (χ0v) is 10.7. The summed E-state index contributed by atoms with van der Waals surface area (Å²) in [7, 11) is 0. The molecule has 3 rings (SSSR count). The van der Waals surface area contributed by atoms with Crippen molar-refractivity contribution in [1.29, 1.82) is 0 Å². The number of hydrogen-bond acceptors (Lipinski definition) is 3. The Morgan fingerprint density at radius 2 is 1.57 bits per heavy atom. The van der Waals surface area contributed by atoms with Crippen molar-refractivity contribution in [2.75, 3.05) is 5.73 Å². The van der Waals surface area contributed by atoms with E-state index in [1.54, 1.807) is 30.3 Å². The fourth-order valence-electron chi connectivity index (χ4n) is 2.07. The molecular weight excluding hydrogens is 279 g/mol. The second-order valence-corrected chi connectivity index (χ2v) is 4.53. The maximum absolute atomic E-state index is 13.2. The number of halogens is 3. The molecule has 0 saturated heterocycles. The number of fused-ring (bicyclic) bond motifs is 1. The molecule has 1 aromatic heterocycles. The molecule has 106 valence electrons. The van der Waals surface area contributed by atoms with Crippen molar-refractivity contribution in [2.24, 2.45) is 0 Å². The van der Waals surface area contributed by atoms with Gasteiger partial charge in [0.1, 0.15) is 5.69 Å². The van der Waals surface area contributed by atoms with Gasteiger partial charge in [0.05, 0.1) is 11.0 Å². The number of hydrogen-bond donors (Lipinski definition) is 1. The van der Waals surface area contributed by atoms with Crippen LogP contribution >= 0.6 is 0 Å². The highest BCUT2D eigenvalue weighted by Crippen LogP contribution is 2.35. The third kappa shape index (κ3) is 2.52. The average molecular weight is 289 g/mol. The van der Waals surface area contributed by atoms with E-state index in [0.29, 0.717) is 16.8 Å². The van der Waals surface area contributed by atoms with E-state index in [4.69, 9.17) is 5.73 Å². The van der Waals surface area contributed by atoms with Crippen molar-refractivity contribution < 1.29 is 13.2 Å². The quantitative estimate of drug-likeness (QED) is 0.691. The Bertz CT molecular complexity index is 798. The van der Waals surface area contributed by atoms with E-state index in [2.05, 4.69) is 9.97 Å². The zero-order chi connectivity index (χ0) is 15.0. The van der Waals surface area contributed by atoms with E-state index in [1.807, 2.05) is 0 Å². The van der Waals surface area contributed by atoms with Gasteiger partial charge in [-0.15, -0.1) is 0 Å². The van der Waals surface area contributed by atoms with Gasteiger partial charge in [-0.05, 0) is 18.2 Å². The highest BCUT2D eigenvalue weighted by molar-refractivity contribution is 5.81. The molecule has 3 aromatic rings. The molecular formula is C15H10F3N3. The standard InChI is InChI=1S/C15H10F3N3/c16-15(17,18)14-13(9-4-2-1-3-5-9)20-12-8-10(19)6-7-11(12)21-14/h1-8H,19H2. The lowest BCUT2D eigenvalue weighted by atomic mass is 10.1. The average Bonchev–Trinajstić information content (AvgIpc) is 2.45. The Labute approximate surface area is 118 Å². The highest BCUT2D eigenvalue weighted by atomic mass is 19.4. The molecule has 0 amide bonds. The maximum atomic E-state index is 13.2. The SMILES string of the molecule is Nc1ccc2nc(C(F)(F)F)c(-c3ccccc3)nc2c1. The Balaban J connectivity index is 2.34. The van der Waals surface area contributed by atoms with Gasteiger partial charge >= 0.3 is 6.18 Å². The van der Waals surface area contributed by atoms with Gasteiger partial charge in [0.2, 0.25) is 0 Å². The Morgan fingerprint density at radius 1 is 0.857 bits per heavy atom. The summed E-state index contributed by atoms with van der Waals surface area (Å²) >= 11 is 0. The van der Waals surface area contributed by atoms with Crippen LogP contribution in [0.4, 0.5) is 18.9 Å². The topological polar surface area (TPSA) is 51.8 Å². The third-order valence-electron chi connectivity index (χ3n) is 3.00. The second-order valence-electron chi connectivity index (χ2n) is 4.53. The molecule has 2 aromatic carbocycles. The maximum Gasteiger partial charge on any atom is 0.435 e. The predicted octanol–water partition coefficient (Wildman–Crippen LogP) is 3.90. The fraction of sp³-hybridized carbons (Fsp3) is 0.0667. The monoisotopic (exact) mass is 289 g/mol. The first-order chi connectivity index (χ1) is 9.95. The first kappa shape index (κ1) is 13.4. The molecule has 21 heavy (non-hydrogen) atoms. The number of aromatic nitrogens is 2. The number of nitrogens with two attached hydrogens (primary N) is 1. The van der Waals surface area contributed by atoms with Gasteiger partial charge in [0, 0.05) is 11.3 Å². The number of benzene rings is 2.